The van der Waals surface area contributed by atoms with E-state index in [1.807, 2.05) is 12.1 Å². The van der Waals surface area contributed by atoms with E-state index < -0.39 is 0 Å². The molecule has 5 heteroatoms. The van der Waals surface area contributed by atoms with Crippen LogP contribution in [0.4, 0.5) is 0 Å². The van der Waals surface area contributed by atoms with E-state index in [1.165, 1.54) is 5.56 Å². The molecule has 1 aliphatic heterocycles. The number of methoxy groups -OCH3 is 3. The molecule has 0 unspecified atom stereocenters. The Labute approximate surface area is 140 Å². The van der Waals surface area contributed by atoms with Crippen molar-refractivity contribution in [2.75, 3.05) is 54.1 Å². The summed E-state index contributed by atoms with van der Waals surface area (Å²) in [5.74, 6) is 2.11. The van der Waals surface area contributed by atoms with Crippen molar-refractivity contribution in [2.45, 2.75) is 26.3 Å². The quantitative estimate of drug-likeness (QED) is 0.769. The second kappa shape index (κ2) is 8.41. The number of rotatable bonds is 7. The lowest BCUT2D eigenvalue weighted by Crippen LogP contribution is -2.49. The van der Waals surface area contributed by atoms with Crippen molar-refractivity contribution in [1.29, 1.82) is 0 Å². The molecule has 1 fully saturated rings. The van der Waals surface area contributed by atoms with Gasteiger partial charge >= 0.3 is 0 Å². The molecule has 0 N–H and O–H groups in total. The van der Waals surface area contributed by atoms with Crippen LogP contribution in [0.25, 0.3) is 0 Å². The van der Waals surface area contributed by atoms with Gasteiger partial charge in [-0.15, -0.1) is 0 Å². The molecule has 23 heavy (non-hydrogen) atoms. The van der Waals surface area contributed by atoms with E-state index in [0.29, 0.717) is 11.8 Å². The second-order valence-corrected chi connectivity index (χ2v) is 6.25. The van der Waals surface area contributed by atoms with Gasteiger partial charge in [0.25, 0.3) is 0 Å². The lowest BCUT2D eigenvalue weighted by Gasteiger charge is -2.36. The summed E-state index contributed by atoms with van der Waals surface area (Å²) < 4.78 is 16.2. The molecule has 2 rings (SSSR count). The smallest absolute Gasteiger partial charge is 0.203 e. The van der Waals surface area contributed by atoms with Gasteiger partial charge in [-0.3, -0.25) is 4.90 Å². The number of benzene rings is 1. The Kier molecular flexibility index (Phi) is 6.54. The van der Waals surface area contributed by atoms with Crippen molar-refractivity contribution in [2.24, 2.45) is 0 Å². The summed E-state index contributed by atoms with van der Waals surface area (Å²) in [5, 5.41) is 0. The lowest BCUT2D eigenvalue weighted by atomic mass is 10.1. The van der Waals surface area contributed by atoms with Crippen molar-refractivity contribution in [3.8, 4) is 17.2 Å². The molecule has 0 atom stereocenters. The van der Waals surface area contributed by atoms with Crippen molar-refractivity contribution in [3.63, 3.8) is 0 Å². The Morgan fingerprint density at radius 3 is 1.91 bits per heavy atom. The van der Waals surface area contributed by atoms with Gasteiger partial charge in [0.1, 0.15) is 0 Å². The van der Waals surface area contributed by atoms with Crippen LogP contribution in [0.3, 0.4) is 0 Å². The van der Waals surface area contributed by atoms with Crippen molar-refractivity contribution in [1.82, 2.24) is 9.80 Å². The Balaban J connectivity index is 1.96. The van der Waals surface area contributed by atoms with Gasteiger partial charge in [0.2, 0.25) is 5.75 Å². The lowest BCUT2D eigenvalue weighted by molar-refractivity contribution is 0.109. The van der Waals surface area contributed by atoms with E-state index >= 15 is 0 Å². The summed E-state index contributed by atoms with van der Waals surface area (Å²) in [7, 11) is 4.95. The van der Waals surface area contributed by atoms with Crippen molar-refractivity contribution >= 4 is 0 Å². The van der Waals surface area contributed by atoms with Gasteiger partial charge in [-0.25, -0.2) is 0 Å². The molecule has 0 amide bonds. The SMILES string of the molecule is COc1cc(CCN2CCN(C(C)C)CC2)cc(OC)c1OC. The molecule has 0 spiro atoms. The zero-order valence-corrected chi connectivity index (χ0v) is 15.1. The van der Waals surface area contributed by atoms with Gasteiger partial charge in [-0.2, -0.15) is 0 Å². The molecule has 0 bridgehead atoms. The van der Waals surface area contributed by atoms with Gasteiger partial charge in [0.05, 0.1) is 21.3 Å². The average Bonchev–Trinajstić information content (AvgIpc) is 2.59. The maximum absolute atomic E-state index is 5.43. The number of hydrogen-bond donors (Lipinski definition) is 0. The third-order valence-corrected chi connectivity index (χ3v) is 4.58. The highest BCUT2D eigenvalue weighted by molar-refractivity contribution is 5.53. The van der Waals surface area contributed by atoms with E-state index in [1.54, 1.807) is 21.3 Å². The highest BCUT2D eigenvalue weighted by Crippen LogP contribution is 2.38. The third-order valence-electron chi connectivity index (χ3n) is 4.58. The van der Waals surface area contributed by atoms with Crippen LogP contribution in [0.5, 0.6) is 17.2 Å². The van der Waals surface area contributed by atoms with E-state index in [0.717, 1.165) is 50.6 Å². The fourth-order valence-corrected chi connectivity index (χ4v) is 3.07. The molecule has 0 aliphatic carbocycles. The largest absolute Gasteiger partial charge is 0.493 e. The predicted molar refractivity (Wildman–Crippen MR) is 93.0 cm³/mol. The summed E-state index contributed by atoms with van der Waals surface area (Å²) in [6.07, 6.45) is 0.985. The van der Waals surface area contributed by atoms with Crippen LogP contribution in [0.1, 0.15) is 19.4 Å². The zero-order valence-electron chi connectivity index (χ0n) is 15.1. The molecule has 1 aliphatic rings. The molecule has 5 nitrogen and oxygen atoms in total. The van der Waals surface area contributed by atoms with Crippen molar-refractivity contribution in [3.05, 3.63) is 17.7 Å². The van der Waals surface area contributed by atoms with Crippen LogP contribution in [-0.4, -0.2) is 69.9 Å². The molecule has 130 valence electrons. The van der Waals surface area contributed by atoms with Crippen LogP contribution < -0.4 is 14.2 Å². The van der Waals surface area contributed by atoms with Crippen LogP contribution in [-0.2, 0) is 6.42 Å². The monoisotopic (exact) mass is 322 g/mol. The van der Waals surface area contributed by atoms with Crippen LogP contribution in [0, 0.1) is 0 Å². The summed E-state index contributed by atoms with van der Waals surface area (Å²) >= 11 is 0. The highest BCUT2D eigenvalue weighted by Gasteiger charge is 2.19. The molecule has 1 saturated heterocycles. The van der Waals surface area contributed by atoms with Crippen LogP contribution >= 0.6 is 0 Å². The number of piperazine rings is 1. The molecule has 1 aromatic carbocycles. The molecule has 0 aromatic heterocycles. The zero-order chi connectivity index (χ0) is 16.8. The molecule has 0 saturated carbocycles. The predicted octanol–water partition coefficient (Wildman–Crippen LogP) is 2.28. The Morgan fingerprint density at radius 1 is 0.913 bits per heavy atom. The standard InChI is InChI=1S/C18H30N2O3/c1-14(2)20-10-8-19(9-11-20)7-6-15-12-16(21-3)18(23-5)17(13-15)22-4/h12-14H,6-11H2,1-5H3. The van der Waals surface area contributed by atoms with Gasteiger partial charge in [0.15, 0.2) is 11.5 Å². The normalized spacial score (nSPS) is 16.6. The third kappa shape index (κ3) is 4.52. The molecule has 1 aromatic rings. The summed E-state index contributed by atoms with van der Waals surface area (Å²) in [6.45, 7) is 10.2. The fourth-order valence-electron chi connectivity index (χ4n) is 3.07. The minimum absolute atomic E-state index is 0.646. The van der Waals surface area contributed by atoms with Gasteiger partial charge < -0.3 is 19.1 Å². The first-order valence-corrected chi connectivity index (χ1v) is 8.34. The van der Waals surface area contributed by atoms with E-state index in [9.17, 15) is 0 Å². The maximum atomic E-state index is 5.43. The van der Waals surface area contributed by atoms with E-state index in [2.05, 4.69) is 23.6 Å². The highest BCUT2D eigenvalue weighted by atomic mass is 16.5. The molecule has 0 radical (unpaired) electrons. The Hall–Kier alpha value is -1.46. The first-order chi connectivity index (χ1) is 11.1. The minimum Gasteiger partial charge on any atom is -0.493 e. The van der Waals surface area contributed by atoms with Crippen molar-refractivity contribution < 1.29 is 14.2 Å². The number of hydrogen-bond acceptors (Lipinski definition) is 5. The van der Waals surface area contributed by atoms with E-state index in [-0.39, 0.29) is 0 Å². The second-order valence-electron chi connectivity index (χ2n) is 6.25. The summed E-state index contributed by atoms with van der Waals surface area (Å²) in [6, 6.07) is 4.74. The molecular formula is C18H30N2O3. The van der Waals surface area contributed by atoms with Gasteiger partial charge in [-0.05, 0) is 38.0 Å². The van der Waals surface area contributed by atoms with Gasteiger partial charge in [-0.1, -0.05) is 0 Å². The first-order valence-electron chi connectivity index (χ1n) is 8.34. The summed E-state index contributed by atoms with van der Waals surface area (Å²) in [4.78, 5) is 5.07. The Bertz CT molecular complexity index is 472. The van der Waals surface area contributed by atoms with Crippen LogP contribution in [0.15, 0.2) is 12.1 Å². The topological polar surface area (TPSA) is 34.2 Å². The Morgan fingerprint density at radius 2 is 1.48 bits per heavy atom. The minimum atomic E-state index is 0.646. The molecular weight excluding hydrogens is 292 g/mol. The number of ether oxygens (including phenoxy) is 3. The van der Waals surface area contributed by atoms with E-state index in [4.69, 9.17) is 14.2 Å². The maximum Gasteiger partial charge on any atom is 0.203 e. The fraction of sp³-hybridized carbons (Fsp3) is 0.667. The summed E-state index contributed by atoms with van der Waals surface area (Å²) in [5.41, 5.74) is 1.21. The van der Waals surface area contributed by atoms with Gasteiger partial charge in [0, 0.05) is 38.8 Å². The molecule has 1 heterocycles. The first kappa shape index (κ1) is 17.9. The number of nitrogens with zero attached hydrogens (tertiary/aromatic N) is 2. The average molecular weight is 322 g/mol. The van der Waals surface area contributed by atoms with Crippen LogP contribution in [0.2, 0.25) is 0 Å².